The number of nitrogens with zero attached hydrogens (tertiary/aromatic N) is 1. The van der Waals surface area contributed by atoms with Gasteiger partial charge in [0.25, 0.3) is 5.91 Å². The first kappa shape index (κ1) is 34.9. The minimum atomic E-state index is -5.00. The van der Waals surface area contributed by atoms with Crippen LogP contribution in [0.5, 0.6) is 0 Å². The van der Waals surface area contributed by atoms with Gasteiger partial charge in [-0.05, 0) is 54.4 Å². The number of anilines is 3. The Morgan fingerprint density at radius 2 is 1.67 bits per heavy atom. The molecule has 2 N–H and O–H groups in total. The Labute approximate surface area is 274 Å². The number of halogens is 9. The topological polar surface area (TPSA) is 78.5 Å². The third-order valence-corrected chi connectivity index (χ3v) is 8.33. The lowest BCUT2D eigenvalue weighted by Crippen LogP contribution is -2.33. The van der Waals surface area contributed by atoms with Gasteiger partial charge in [0.1, 0.15) is 21.7 Å². The highest BCUT2D eigenvalue weighted by Crippen LogP contribution is 2.65. The van der Waals surface area contributed by atoms with Crippen molar-refractivity contribution in [1.29, 1.82) is 0 Å². The second-order valence-electron chi connectivity index (χ2n) is 10.2. The first-order valence-electron chi connectivity index (χ1n) is 13.4. The molecule has 46 heavy (non-hydrogen) atoms. The Kier molecular flexibility index (Phi) is 10.2. The minimum Gasteiger partial charge on any atom is -0.326 e. The summed E-state index contributed by atoms with van der Waals surface area (Å²) in [7, 11) is 0. The van der Waals surface area contributed by atoms with Crippen LogP contribution in [0.15, 0.2) is 48.5 Å². The third kappa shape index (κ3) is 7.07. The number of terminal acetylenes is 1. The van der Waals surface area contributed by atoms with E-state index in [-0.39, 0.29) is 28.4 Å². The largest absolute Gasteiger partial charge is 0.419 e. The summed E-state index contributed by atoms with van der Waals surface area (Å²) in [4.78, 5) is 39.5. The van der Waals surface area contributed by atoms with Crippen LogP contribution in [0.25, 0.3) is 0 Å². The van der Waals surface area contributed by atoms with Crippen molar-refractivity contribution in [3.63, 3.8) is 0 Å². The number of benzene rings is 3. The fraction of sp³-hybridized carbons (Fsp3) is 0.258. The molecule has 0 bridgehead atoms. The quantitative estimate of drug-likeness (QED) is 0.134. The van der Waals surface area contributed by atoms with E-state index in [9.17, 15) is 36.3 Å². The molecule has 0 spiro atoms. The number of hydrogen-bond donors (Lipinski definition) is 2. The zero-order valence-electron chi connectivity index (χ0n) is 23.5. The third-order valence-electron chi connectivity index (χ3n) is 7.06. The van der Waals surface area contributed by atoms with Crippen molar-refractivity contribution in [2.45, 2.75) is 36.2 Å². The van der Waals surface area contributed by atoms with Crippen molar-refractivity contribution < 1.29 is 40.7 Å². The second kappa shape index (κ2) is 13.4. The molecule has 1 aliphatic carbocycles. The van der Waals surface area contributed by atoms with Gasteiger partial charge >= 0.3 is 6.18 Å². The molecule has 1 aliphatic rings. The molecular weight excluding hydrogens is 683 g/mol. The summed E-state index contributed by atoms with van der Waals surface area (Å²) >= 11 is 18.7. The molecule has 0 aliphatic heterocycles. The standard InChI is InChI=1S/C31H22Cl3F6N3O3/c1-3-5-23(44)43(12-4-2)27-21(36)10-11-22(26(27)37)42-28(45)17-14-16(7-8-19(17)32)41-29(46)25-24(30(25,33)34)15-6-9-20(35)18(13-15)31(38,39)40/h1,6-11,13-14,24-25H,4-5,12H2,2H3,(H,41,46)(H,42,45)/t24-,25+/m0/s1. The summed E-state index contributed by atoms with van der Waals surface area (Å²) in [5.74, 6) is -6.62. The molecule has 242 valence electrons. The van der Waals surface area contributed by atoms with Crippen LogP contribution < -0.4 is 15.5 Å². The number of amides is 3. The van der Waals surface area contributed by atoms with Gasteiger partial charge in [-0.25, -0.2) is 13.2 Å². The molecule has 0 heterocycles. The van der Waals surface area contributed by atoms with Gasteiger partial charge in [0.05, 0.1) is 34.2 Å². The highest BCUT2D eigenvalue weighted by molar-refractivity contribution is 6.53. The normalized spacial score (nSPS) is 16.7. The van der Waals surface area contributed by atoms with Gasteiger partial charge in [-0.2, -0.15) is 13.2 Å². The number of carbonyl (C=O) groups is 3. The van der Waals surface area contributed by atoms with Gasteiger partial charge in [-0.15, -0.1) is 29.6 Å². The zero-order valence-corrected chi connectivity index (χ0v) is 25.8. The Morgan fingerprint density at radius 1 is 1.00 bits per heavy atom. The summed E-state index contributed by atoms with van der Waals surface area (Å²) in [6.45, 7) is 1.62. The predicted octanol–water partition coefficient (Wildman–Crippen LogP) is 8.32. The van der Waals surface area contributed by atoms with E-state index in [0.717, 1.165) is 29.2 Å². The maximum absolute atomic E-state index is 15.5. The first-order chi connectivity index (χ1) is 21.5. The van der Waals surface area contributed by atoms with Crippen LogP contribution in [0.2, 0.25) is 5.02 Å². The van der Waals surface area contributed by atoms with E-state index in [1.165, 1.54) is 12.1 Å². The van der Waals surface area contributed by atoms with Gasteiger partial charge in [-0.1, -0.05) is 30.5 Å². The van der Waals surface area contributed by atoms with Crippen LogP contribution in [0.3, 0.4) is 0 Å². The summed E-state index contributed by atoms with van der Waals surface area (Å²) in [6, 6.07) is 7.62. The molecule has 1 fully saturated rings. The molecule has 0 aromatic heterocycles. The average molecular weight is 705 g/mol. The Bertz CT molecular complexity index is 1760. The van der Waals surface area contributed by atoms with Gasteiger partial charge in [-0.3, -0.25) is 14.4 Å². The van der Waals surface area contributed by atoms with E-state index in [0.29, 0.717) is 18.6 Å². The lowest BCUT2D eigenvalue weighted by molar-refractivity contribution is -0.140. The fourth-order valence-corrected chi connectivity index (χ4v) is 5.89. The lowest BCUT2D eigenvalue weighted by Gasteiger charge is -2.23. The number of carbonyl (C=O) groups excluding carboxylic acids is 3. The van der Waals surface area contributed by atoms with E-state index in [1.54, 1.807) is 6.92 Å². The van der Waals surface area contributed by atoms with E-state index in [4.69, 9.17) is 41.2 Å². The Morgan fingerprint density at radius 3 is 2.30 bits per heavy atom. The van der Waals surface area contributed by atoms with Gasteiger partial charge < -0.3 is 15.5 Å². The molecule has 15 heteroatoms. The molecule has 0 unspecified atom stereocenters. The van der Waals surface area contributed by atoms with Crippen LogP contribution in [-0.4, -0.2) is 28.6 Å². The summed E-state index contributed by atoms with van der Waals surface area (Å²) < 4.78 is 81.8. The molecule has 1 saturated carbocycles. The van der Waals surface area contributed by atoms with Gasteiger partial charge in [0.2, 0.25) is 11.8 Å². The van der Waals surface area contributed by atoms with Gasteiger partial charge in [0.15, 0.2) is 5.82 Å². The van der Waals surface area contributed by atoms with Crippen LogP contribution >= 0.6 is 34.8 Å². The van der Waals surface area contributed by atoms with Crippen LogP contribution in [0.1, 0.15) is 47.2 Å². The first-order valence-corrected chi connectivity index (χ1v) is 14.5. The SMILES string of the molecule is C#CCC(=O)N(CCC)c1c(F)ccc(NC(=O)c2cc(NC(=O)[C@H]3[C@H](c4ccc(F)c(C(F)(F)F)c4)C3(Cl)Cl)ccc2Cl)c1F. The van der Waals surface area contributed by atoms with Crippen LogP contribution in [0.4, 0.5) is 43.4 Å². The van der Waals surface area contributed by atoms with Crippen molar-refractivity contribution in [2.75, 3.05) is 22.1 Å². The number of alkyl halides is 5. The molecule has 3 aromatic carbocycles. The summed E-state index contributed by atoms with van der Waals surface area (Å²) in [5, 5.41) is 4.59. The number of nitrogens with one attached hydrogen (secondary N) is 2. The fourth-order valence-electron chi connectivity index (χ4n) is 4.86. The molecule has 0 saturated heterocycles. The Balaban J connectivity index is 1.55. The highest BCUT2D eigenvalue weighted by Gasteiger charge is 2.67. The summed E-state index contributed by atoms with van der Waals surface area (Å²) in [6.07, 6.45) is 0.106. The lowest BCUT2D eigenvalue weighted by atomic mass is 10.0. The monoisotopic (exact) mass is 703 g/mol. The van der Waals surface area contributed by atoms with E-state index in [2.05, 4.69) is 16.6 Å². The average Bonchev–Trinajstić information content (AvgIpc) is 3.56. The van der Waals surface area contributed by atoms with Crippen LogP contribution in [-0.2, 0) is 15.8 Å². The highest BCUT2D eigenvalue weighted by atomic mass is 35.5. The predicted molar refractivity (Wildman–Crippen MR) is 163 cm³/mol. The van der Waals surface area contributed by atoms with E-state index in [1.807, 2.05) is 0 Å². The zero-order chi connectivity index (χ0) is 34.1. The number of hydrogen-bond acceptors (Lipinski definition) is 3. The molecule has 2 atom stereocenters. The van der Waals surface area contributed by atoms with Crippen LogP contribution in [0, 0.1) is 35.7 Å². The molecular formula is C31H22Cl3F6N3O3. The maximum Gasteiger partial charge on any atom is 0.419 e. The van der Waals surface area contributed by atoms with E-state index < -0.39 is 80.9 Å². The molecule has 3 aromatic rings. The van der Waals surface area contributed by atoms with E-state index >= 15 is 4.39 Å². The molecule has 3 amide bonds. The van der Waals surface area contributed by atoms with Crippen molar-refractivity contribution in [3.05, 3.63) is 87.7 Å². The molecule has 4 rings (SSSR count). The van der Waals surface area contributed by atoms with Crippen molar-refractivity contribution in [1.82, 2.24) is 0 Å². The summed E-state index contributed by atoms with van der Waals surface area (Å²) in [5.41, 5.74) is -3.14. The Hall–Kier alpha value is -3.92. The van der Waals surface area contributed by atoms with Gasteiger partial charge in [0, 0.05) is 18.2 Å². The van der Waals surface area contributed by atoms with Crippen molar-refractivity contribution in [3.8, 4) is 12.3 Å². The number of rotatable bonds is 9. The molecule has 6 nitrogen and oxygen atoms in total. The second-order valence-corrected chi connectivity index (χ2v) is 12.0. The smallest absolute Gasteiger partial charge is 0.326 e. The maximum atomic E-state index is 15.5. The van der Waals surface area contributed by atoms with Crippen molar-refractivity contribution in [2.24, 2.45) is 5.92 Å². The minimum absolute atomic E-state index is 0.0151. The van der Waals surface area contributed by atoms with Crippen molar-refractivity contribution >= 4 is 69.6 Å². The molecule has 0 radical (unpaired) electrons.